The minimum absolute atomic E-state index is 0.0681. The van der Waals surface area contributed by atoms with E-state index in [0.29, 0.717) is 18.9 Å². The predicted molar refractivity (Wildman–Crippen MR) is 79.8 cm³/mol. The highest BCUT2D eigenvalue weighted by Crippen LogP contribution is 2.17. The van der Waals surface area contributed by atoms with Gasteiger partial charge in [-0.25, -0.2) is 0 Å². The van der Waals surface area contributed by atoms with Gasteiger partial charge in [-0.2, -0.15) is 0 Å². The first-order valence-electron chi connectivity index (χ1n) is 7.09. The van der Waals surface area contributed by atoms with E-state index in [4.69, 9.17) is 5.73 Å². The number of nitrogens with two attached hydrogens (primary N) is 1. The van der Waals surface area contributed by atoms with Gasteiger partial charge in [0, 0.05) is 6.42 Å². The summed E-state index contributed by atoms with van der Waals surface area (Å²) in [6, 6.07) is 8.23. The molecule has 2 atom stereocenters. The first-order valence-corrected chi connectivity index (χ1v) is 7.09. The van der Waals surface area contributed by atoms with Crippen molar-refractivity contribution in [2.24, 2.45) is 11.7 Å². The summed E-state index contributed by atoms with van der Waals surface area (Å²) in [7, 11) is 0. The Morgan fingerprint density at radius 2 is 1.95 bits per heavy atom. The molecular weight excluding hydrogens is 236 g/mol. The van der Waals surface area contributed by atoms with Gasteiger partial charge in [0.15, 0.2) is 0 Å². The Kier molecular flexibility index (Phi) is 6.57. The van der Waals surface area contributed by atoms with Gasteiger partial charge in [-0.05, 0) is 50.3 Å². The standard InChI is InChI=1S/C16H26N2O/c1-12(10-11-17)8-9-16(19)18-14(3)15-7-5-4-6-13(15)2/h4-7,12,14H,8-11,17H2,1-3H3,(H,18,19)/t12?,14-/m0/s1. The summed E-state index contributed by atoms with van der Waals surface area (Å²) >= 11 is 0. The van der Waals surface area contributed by atoms with Crippen molar-refractivity contribution in [3.05, 3.63) is 35.4 Å². The smallest absolute Gasteiger partial charge is 0.220 e. The van der Waals surface area contributed by atoms with Gasteiger partial charge >= 0.3 is 0 Å². The SMILES string of the molecule is Cc1ccccc1[C@H](C)NC(=O)CCC(C)CCN. The Labute approximate surface area is 116 Å². The van der Waals surface area contributed by atoms with Crippen LogP contribution in [0.25, 0.3) is 0 Å². The molecule has 3 N–H and O–H groups in total. The van der Waals surface area contributed by atoms with Crippen molar-refractivity contribution in [2.45, 2.75) is 46.1 Å². The first kappa shape index (κ1) is 15.7. The second kappa shape index (κ2) is 7.95. The Morgan fingerprint density at radius 3 is 2.58 bits per heavy atom. The average molecular weight is 262 g/mol. The minimum Gasteiger partial charge on any atom is -0.350 e. The first-order chi connectivity index (χ1) is 9.04. The molecule has 0 fully saturated rings. The monoisotopic (exact) mass is 262 g/mol. The number of hydrogen-bond donors (Lipinski definition) is 2. The van der Waals surface area contributed by atoms with Crippen LogP contribution in [0.2, 0.25) is 0 Å². The van der Waals surface area contributed by atoms with Crippen LogP contribution < -0.4 is 11.1 Å². The summed E-state index contributed by atoms with van der Waals surface area (Å²) in [5.41, 5.74) is 7.91. The quantitative estimate of drug-likeness (QED) is 0.793. The number of hydrogen-bond acceptors (Lipinski definition) is 2. The van der Waals surface area contributed by atoms with Gasteiger partial charge in [0.1, 0.15) is 0 Å². The fourth-order valence-corrected chi connectivity index (χ4v) is 2.27. The van der Waals surface area contributed by atoms with Crippen molar-refractivity contribution in [3.8, 4) is 0 Å². The van der Waals surface area contributed by atoms with Crippen LogP contribution in [0.4, 0.5) is 0 Å². The Hall–Kier alpha value is -1.35. The van der Waals surface area contributed by atoms with Crippen LogP contribution in [0.1, 0.15) is 50.3 Å². The molecule has 1 unspecified atom stereocenters. The average Bonchev–Trinajstić information content (AvgIpc) is 2.37. The number of carbonyl (C=O) groups excluding carboxylic acids is 1. The van der Waals surface area contributed by atoms with Gasteiger partial charge in [-0.1, -0.05) is 31.2 Å². The summed E-state index contributed by atoms with van der Waals surface area (Å²) in [5, 5.41) is 3.06. The molecule has 0 aromatic heterocycles. The molecule has 0 aliphatic heterocycles. The lowest BCUT2D eigenvalue weighted by molar-refractivity contribution is -0.122. The zero-order chi connectivity index (χ0) is 14.3. The van der Waals surface area contributed by atoms with E-state index in [-0.39, 0.29) is 11.9 Å². The van der Waals surface area contributed by atoms with E-state index in [1.165, 1.54) is 11.1 Å². The van der Waals surface area contributed by atoms with Crippen molar-refractivity contribution in [1.29, 1.82) is 0 Å². The van der Waals surface area contributed by atoms with E-state index >= 15 is 0 Å². The lowest BCUT2D eigenvalue weighted by Gasteiger charge is -2.17. The van der Waals surface area contributed by atoms with Gasteiger partial charge in [-0.15, -0.1) is 0 Å². The fourth-order valence-electron chi connectivity index (χ4n) is 2.27. The molecule has 0 aliphatic carbocycles. The molecule has 1 rings (SSSR count). The minimum atomic E-state index is 0.0681. The second-order valence-corrected chi connectivity index (χ2v) is 5.37. The van der Waals surface area contributed by atoms with Crippen molar-refractivity contribution in [1.82, 2.24) is 5.32 Å². The van der Waals surface area contributed by atoms with Gasteiger partial charge < -0.3 is 11.1 Å². The van der Waals surface area contributed by atoms with Crippen molar-refractivity contribution < 1.29 is 4.79 Å². The van der Waals surface area contributed by atoms with E-state index in [0.717, 1.165) is 12.8 Å². The fraction of sp³-hybridized carbons (Fsp3) is 0.562. The molecule has 0 bridgehead atoms. The van der Waals surface area contributed by atoms with Crippen LogP contribution >= 0.6 is 0 Å². The van der Waals surface area contributed by atoms with Crippen LogP contribution in [-0.2, 0) is 4.79 Å². The summed E-state index contributed by atoms with van der Waals surface area (Å²) in [5.74, 6) is 0.643. The molecule has 0 aliphatic rings. The highest BCUT2D eigenvalue weighted by molar-refractivity contribution is 5.76. The van der Waals surface area contributed by atoms with Crippen molar-refractivity contribution in [3.63, 3.8) is 0 Å². The van der Waals surface area contributed by atoms with Crippen LogP contribution in [0.15, 0.2) is 24.3 Å². The molecule has 0 radical (unpaired) electrons. The van der Waals surface area contributed by atoms with Crippen molar-refractivity contribution >= 4 is 5.91 Å². The zero-order valence-electron chi connectivity index (χ0n) is 12.3. The van der Waals surface area contributed by atoms with Gasteiger partial charge in [0.05, 0.1) is 6.04 Å². The zero-order valence-corrected chi connectivity index (χ0v) is 12.3. The summed E-state index contributed by atoms with van der Waals surface area (Å²) in [6.07, 6.45) is 2.47. The third kappa shape index (κ3) is 5.43. The molecule has 1 aromatic carbocycles. The van der Waals surface area contributed by atoms with E-state index < -0.39 is 0 Å². The topological polar surface area (TPSA) is 55.1 Å². The number of rotatable bonds is 7. The maximum Gasteiger partial charge on any atom is 0.220 e. The maximum atomic E-state index is 11.9. The Morgan fingerprint density at radius 1 is 1.26 bits per heavy atom. The van der Waals surface area contributed by atoms with Crippen molar-refractivity contribution in [2.75, 3.05) is 6.54 Å². The normalized spacial score (nSPS) is 13.9. The van der Waals surface area contributed by atoms with Gasteiger partial charge in [0.2, 0.25) is 5.91 Å². The number of carbonyl (C=O) groups is 1. The molecule has 3 nitrogen and oxygen atoms in total. The summed E-state index contributed by atoms with van der Waals surface area (Å²) in [6.45, 7) is 6.94. The molecule has 0 spiro atoms. The predicted octanol–water partition coefficient (Wildman–Crippen LogP) is 2.94. The lowest BCUT2D eigenvalue weighted by atomic mass is 10.0. The molecule has 0 saturated carbocycles. The van der Waals surface area contributed by atoms with E-state index in [2.05, 4.69) is 31.3 Å². The van der Waals surface area contributed by atoms with Crippen LogP contribution in [0, 0.1) is 12.8 Å². The largest absolute Gasteiger partial charge is 0.350 e. The third-order valence-corrected chi connectivity index (χ3v) is 3.56. The molecule has 1 aromatic rings. The third-order valence-electron chi connectivity index (χ3n) is 3.56. The maximum absolute atomic E-state index is 11.9. The molecule has 0 heterocycles. The second-order valence-electron chi connectivity index (χ2n) is 5.37. The van der Waals surface area contributed by atoms with Crippen LogP contribution in [-0.4, -0.2) is 12.5 Å². The molecular formula is C16H26N2O. The van der Waals surface area contributed by atoms with Gasteiger partial charge in [0.25, 0.3) is 0 Å². The molecule has 106 valence electrons. The number of benzene rings is 1. The highest BCUT2D eigenvalue weighted by Gasteiger charge is 2.12. The number of amides is 1. The number of nitrogens with one attached hydrogen (secondary N) is 1. The van der Waals surface area contributed by atoms with E-state index in [9.17, 15) is 4.79 Å². The summed E-state index contributed by atoms with van der Waals surface area (Å²) < 4.78 is 0. The van der Waals surface area contributed by atoms with Gasteiger partial charge in [-0.3, -0.25) is 4.79 Å². The van der Waals surface area contributed by atoms with Crippen LogP contribution in [0.3, 0.4) is 0 Å². The molecule has 3 heteroatoms. The molecule has 0 saturated heterocycles. The van der Waals surface area contributed by atoms with Crippen LogP contribution in [0.5, 0.6) is 0 Å². The molecule has 1 amide bonds. The highest BCUT2D eigenvalue weighted by atomic mass is 16.1. The van der Waals surface area contributed by atoms with E-state index in [1.807, 2.05) is 19.1 Å². The van der Waals surface area contributed by atoms with E-state index in [1.54, 1.807) is 0 Å². The summed E-state index contributed by atoms with van der Waals surface area (Å²) in [4.78, 5) is 11.9. The number of aryl methyl sites for hydroxylation is 1. The Balaban J connectivity index is 2.42. The lowest BCUT2D eigenvalue weighted by Crippen LogP contribution is -2.27. The Bertz CT molecular complexity index is 403. The molecule has 19 heavy (non-hydrogen) atoms.